The zero-order valence-corrected chi connectivity index (χ0v) is 14.6. The Hall–Kier alpha value is -3.87. The van der Waals surface area contributed by atoms with E-state index in [4.69, 9.17) is 4.74 Å². The molecule has 0 saturated carbocycles. The molecule has 4 aromatic rings. The van der Waals surface area contributed by atoms with Gasteiger partial charge in [-0.2, -0.15) is 10.2 Å². The summed E-state index contributed by atoms with van der Waals surface area (Å²) >= 11 is 0. The summed E-state index contributed by atoms with van der Waals surface area (Å²) in [5.74, 6) is 0.487. The van der Waals surface area contributed by atoms with Gasteiger partial charge >= 0.3 is 0 Å². The van der Waals surface area contributed by atoms with Crippen LogP contribution < -0.4 is 10.1 Å². The van der Waals surface area contributed by atoms with Crippen LogP contribution in [0, 0.1) is 0 Å². The van der Waals surface area contributed by atoms with Crippen LogP contribution in [0.5, 0.6) is 5.75 Å². The summed E-state index contributed by atoms with van der Waals surface area (Å²) in [6.07, 6.45) is 5.30. The number of aromatic nitrogens is 4. The number of carbonyl (C=O) groups excluding carboxylic acids is 1. The van der Waals surface area contributed by atoms with Crippen LogP contribution in [0.25, 0.3) is 11.4 Å². The standard InChI is InChI=1S/C20H17N5O2/c1-27-18-8-6-16(7-9-18)25-13-10-19(23-25)20(26)22-15-4-2-5-17(14-15)24-12-3-11-21-24/h2-14H,1H3,(H,22,26). The van der Waals surface area contributed by atoms with E-state index in [9.17, 15) is 4.79 Å². The molecule has 134 valence electrons. The summed E-state index contributed by atoms with van der Waals surface area (Å²) < 4.78 is 8.53. The molecule has 1 N–H and O–H groups in total. The van der Waals surface area contributed by atoms with Gasteiger partial charge in [-0.15, -0.1) is 0 Å². The quantitative estimate of drug-likeness (QED) is 0.593. The number of nitrogens with zero attached hydrogens (tertiary/aromatic N) is 4. The fraction of sp³-hybridized carbons (Fsp3) is 0.0500. The van der Waals surface area contributed by atoms with Crippen LogP contribution in [0.4, 0.5) is 5.69 Å². The zero-order valence-electron chi connectivity index (χ0n) is 14.6. The minimum atomic E-state index is -0.278. The molecule has 1 amide bonds. The average Bonchev–Trinajstić information content (AvgIpc) is 3.40. The van der Waals surface area contributed by atoms with Gasteiger partial charge in [-0.05, 0) is 54.6 Å². The molecule has 0 radical (unpaired) electrons. The topological polar surface area (TPSA) is 74.0 Å². The Morgan fingerprint density at radius 3 is 2.56 bits per heavy atom. The van der Waals surface area contributed by atoms with Crippen molar-refractivity contribution in [2.45, 2.75) is 0 Å². The highest BCUT2D eigenvalue weighted by atomic mass is 16.5. The first kappa shape index (κ1) is 16.6. The lowest BCUT2D eigenvalue weighted by Gasteiger charge is -2.07. The van der Waals surface area contributed by atoms with Crippen LogP contribution in [0.2, 0.25) is 0 Å². The highest BCUT2D eigenvalue weighted by molar-refractivity contribution is 6.02. The molecule has 7 nitrogen and oxygen atoms in total. The number of anilines is 1. The Kier molecular flexibility index (Phi) is 4.40. The summed E-state index contributed by atoms with van der Waals surface area (Å²) in [6, 6.07) is 18.4. The van der Waals surface area contributed by atoms with Gasteiger partial charge in [0.1, 0.15) is 5.75 Å². The van der Waals surface area contributed by atoms with Gasteiger partial charge < -0.3 is 10.1 Å². The van der Waals surface area contributed by atoms with Crippen LogP contribution in [-0.2, 0) is 0 Å². The molecule has 2 aromatic heterocycles. The molecule has 0 unspecified atom stereocenters. The fourth-order valence-corrected chi connectivity index (χ4v) is 2.67. The molecule has 27 heavy (non-hydrogen) atoms. The van der Waals surface area contributed by atoms with Crippen molar-refractivity contribution in [2.24, 2.45) is 0 Å². The number of hydrogen-bond donors (Lipinski definition) is 1. The third-order valence-corrected chi connectivity index (χ3v) is 4.03. The maximum absolute atomic E-state index is 12.5. The molecule has 0 atom stereocenters. The van der Waals surface area contributed by atoms with Crippen LogP contribution in [0.3, 0.4) is 0 Å². The lowest BCUT2D eigenvalue weighted by atomic mass is 10.2. The molecule has 0 saturated heterocycles. The molecule has 7 heteroatoms. The third kappa shape index (κ3) is 3.57. The van der Waals surface area contributed by atoms with Crippen molar-refractivity contribution in [1.29, 1.82) is 0 Å². The highest BCUT2D eigenvalue weighted by Crippen LogP contribution is 2.17. The Labute approximate surface area is 155 Å². The molecule has 0 fully saturated rings. The molecule has 2 heterocycles. The second kappa shape index (κ2) is 7.17. The minimum Gasteiger partial charge on any atom is -0.497 e. The largest absolute Gasteiger partial charge is 0.497 e. The van der Waals surface area contributed by atoms with E-state index in [0.29, 0.717) is 11.4 Å². The number of hydrogen-bond acceptors (Lipinski definition) is 4. The maximum atomic E-state index is 12.5. The SMILES string of the molecule is COc1ccc(-n2ccc(C(=O)Nc3cccc(-n4cccn4)c3)n2)cc1. The molecule has 0 aliphatic carbocycles. The summed E-state index contributed by atoms with van der Waals surface area (Å²) in [5, 5.41) is 11.4. The number of ether oxygens (including phenoxy) is 1. The predicted molar refractivity (Wildman–Crippen MR) is 102 cm³/mol. The van der Waals surface area contributed by atoms with E-state index in [-0.39, 0.29) is 5.91 Å². The third-order valence-electron chi connectivity index (χ3n) is 4.03. The summed E-state index contributed by atoms with van der Waals surface area (Å²) in [7, 11) is 1.62. The van der Waals surface area contributed by atoms with E-state index in [1.807, 2.05) is 60.8 Å². The maximum Gasteiger partial charge on any atom is 0.276 e. The second-order valence-electron chi connectivity index (χ2n) is 5.80. The van der Waals surface area contributed by atoms with E-state index in [2.05, 4.69) is 15.5 Å². The van der Waals surface area contributed by atoms with Gasteiger partial charge in [0.15, 0.2) is 5.69 Å². The molecule has 0 spiro atoms. The normalized spacial score (nSPS) is 10.6. The number of benzene rings is 2. The number of methoxy groups -OCH3 is 1. The molecule has 4 rings (SSSR count). The molecular formula is C20H17N5O2. The summed E-state index contributed by atoms with van der Waals surface area (Å²) in [4.78, 5) is 12.5. The van der Waals surface area contributed by atoms with Crippen molar-refractivity contribution < 1.29 is 9.53 Å². The van der Waals surface area contributed by atoms with Crippen molar-refractivity contribution in [3.05, 3.63) is 84.9 Å². The van der Waals surface area contributed by atoms with E-state index < -0.39 is 0 Å². The Morgan fingerprint density at radius 2 is 1.81 bits per heavy atom. The molecular weight excluding hydrogens is 342 g/mol. The smallest absolute Gasteiger partial charge is 0.276 e. The lowest BCUT2D eigenvalue weighted by molar-refractivity contribution is 0.102. The van der Waals surface area contributed by atoms with Crippen LogP contribution in [0.1, 0.15) is 10.5 Å². The first-order valence-electron chi connectivity index (χ1n) is 8.34. The summed E-state index contributed by atoms with van der Waals surface area (Å²) in [6.45, 7) is 0. The fourth-order valence-electron chi connectivity index (χ4n) is 2.67. The molecule has 0 bridgehead atoms. The first-order valence-corrected chi connectivity index (χ1v) is 8.34. The van der Waals surface area contributed by atoms with Gasteiger partial charge in [0, 0.05) is 24.3 Å². The van der Waals surface area contributed by atoms with Gasteiger partial charge in [-0.3, -0.25) is 4.79 Å². The van der Waals surface area contributed by atoms with Crippen molar-refractivity contribution >= 4 is 11.6 Å². The highest BCUT2D eigenvalue weighted by Gasteiger charge is 2.11. The predicted octanol–water partition coefficient (Wildman–Crippen LogP) is 3.32. The van der Waals surface area contributed by atoms with Gasteiger partial charge in [0.2, 0.25) is 0 Å². The van der Waals surface area contributed by atoms with Crippen LogP contribution in [-0.4, -0.2) is 32.6 Å². The number of amides is 1. The number of rotatable bonds is 5. The lowest BCUT2D eigenvalue weighted by Crippen LogP contribution is -2.13. The van der Waals surface area contributed by atoms with Crippen LogP contribution >= 0.6 is 0 Å². The average molecular weight is 359 g/mol. The first-order chi connectivity index (χ1) is 13.2. The van der Waals surface area contributed by atoms with Crippen LogP contribution in [0.15, 0.2) is 79.3 Å². The Balaban J connectivity index is 1.50. The monoisotopic (exact) mass is 359 g/mol. The van der Waals surface area contributed by atoms with Crippen molar-refractivity contribution in [1.82, 2.24) is 19.6 Å². The van der Waals surface area contributed by atoms with Gasteiger partial charge in [0.05, 0.1) is 18.5 Å². The van der Waals surface area contributed by atoms with E-state index in [1.54, 1.807) is 34.9 Å². The Bertz CT molecular complexity index is 1050. The molecule has 0 aliphatic rings. The molecule has 0 aliphatic heterocycles. The van der Waals surface area contributed by atoms with Gasteiger partial charge in [-0.1, -0.05) is 6.07 Å². The molecule has 2 aromatic carbocycles. The minimum absolute atomic E-state index is 0.278. The number of nitrogens with one attached hydrogen (secondary N) is 1. The zero-order chi connectivity index (χ0) is 18.6. The van der Waals surface area contributed by atoms with E-state index >= 15 is 0 Å². The number of carbonyl (C=O) groups is 1. The summed E-state index contributed by atoms with van der Waals surface area (Å²) in [5.41, 5.74) is 2.71. The van der Waals surface area contributed by atoms with E-state index in [1.165, 1.54) is 0 Å². The van der Waals surface area contributed by atoms with E-state index in [0.717, 1.165) is 17.1 Å². The van der Waals surface area contributed by atoms with Gasteiger partial charge in [0.25, 0.3) is 5.91 Å². The Morgan fingerprint density at radius 1 is 0.963 bits per heavy atom. The van der Waals surface area contributed by atoms with Crippen molar-refractivity contribution in [2.75, 3.05) is 12.4 Å². The van der Waals surface area contributed by atoms with Crippen molar-refractivity contribution in [3.8, 4) is 17.1 Å². The second-order valence-corrected chi connectivity index (χ2v) is 5.80. The van der Waals surface area contributed by atoms with Crippen molar-refractivity contribution in [3.63, 3.8) is 0 Å². The van der Waals surface area contributed by atoms with Gasteiger partial charge in [-0.25, -0.2) is 9.36 Å².